The number of esters is 1. The molecule has 0 saturated carbocycles. The van der Waals surface area contributed by atoms with Crippen molar-refractivity contribution < 1.29 is 14.3 Å². The maximum atomic E-state index is 12.6. The highest BCUT2D eigenvalue weighted by molar-refractivity contribution is 14.1. The van der Waals surface area contributed by atoms with Gasteiger partial charge in [-0.1, -0.05) is 0 Å². The number of benzene rings is 1. The van der Waals surface area contributed by atoms with Gasteiger partial charge >= 0.3 is 5.97 Å². The van der Waals surface area contributed by atoms with Crippen LogP contribution in [0.25, 0.3) is 0 Å². The van der Waals surface area contributed by atoms with Gasteiger partial charge in [-0.3, -0.25) is 4.79 Å². The number of nitrogens with zero attached hydrogens (tertiary/aromatic N) is 1. The molecule has 22 heavy (non-hydrogen) atoms. The molecule has 4 nitrogen and oxygen atoms in total. The van der Waals surface area contributed by atoms with E-state index in [1.807, 2.05) is 17.0 Å². The first-order chi connectivity index (χ1) is 10.4. The van der Waals surface area contributed by atoms with Crippen molar-refractivity contribution in [3.8, 4) is 0 Å². The number of likely N-dealkylation sites (tertiary alicyclic amines) is 1. The zero-order chi connectivity index (χ0) is 16.3. The van der Waals surface area contributed by atoms with Crippen LogP contribution in [0.4, 0.5) is 0 Å². The lowest BCUT2D eigenvalue weighted by molar-refractivity contribution is -0.146. The van der Waals surface area contributed by atoms with Crippen molar-refractivity contribution >= 4 is 34.5 Å². The third-order valence-corrected chi connectivity index (χ3v) is 4.88. The minimum atomic E-state index is -0.755. The van der Waals surface area contributed by atoms with Crippen molar-refractivity contribution in [1.29, 1.82) is 0 Å². The van der Waals surface area contributed by atoms with Gasteiger partial charge in [-0.2, -0.15) is 0 Å². The van der Waals surface area contributed by atoms with Gasteiger partial charge in [0.05, 0.1) is 5.56 Å². The summed E-state index contributed by atoms with van der Waals surface area (Å²) in [6.07, 6.45) is 2.40. The third-order valence-electron chi connectivity index (χ3n) is 4.16. The van der Waals surface area contributed by atoms with E-state index in [0.29, 0.717) is 5.56 Å². The second kappa shape index (κ2) is 7.44. The Morgan fingerprint density at radius 1 is 1.18 bits per heavy atom. The maximum Gasteiger partial charge on any atom is 0.338 e. The number of hydrogen-bond donors (Lipinski definition) is 0. The lowest BCUT2D eigenvalue weighted by Crippen LogP contribution is -2.51. The van der Waals surface area contributed by atoms with Gasteiger partial charge in [-0.05, 0) is 86.9 Å². The van der Waals surface area contributed by atoms with Crippen molar-refractivity contribution in [2.24, 2.45) is 0 Å². The molecule has 0 aromatic heterocycles. The number of amides is 1. The van der Waals surface area contributed by atoms with Gasteiger partial charge in [0.2, 0.25) is 0 Å². The summed E-state index contributed by atoms with van der Waals surface area (Å²) in [7, 11) is 0. The average Bonchev–Trinajstić information content (AvgIpc) is 2.47. The number of rotatable bonds is 3. The van der Waals surface area contributed by atoms with Crippen LogP contribution in [0, 0.1) is 3.57 Å². The topological polar surface area (TPSA) is 46.6 Å². The zero-order valence-electron chi connectivity index (χ0n) is 13.2. The largest absolute Gasteiger partial charge is 0.449 e. The van der Waals surface area contributed by atoms with Crippen LogP contribution in [0.1, 0.15) is 50.4 Å². The molecule has 0 bridgehead atoms. The standard InChI is InChI=1S/C17H22INO3/c1-11-5-4-6-12(2)19(11)16(20)13(3)22-17(21)14-7-9-15(18)10-8-14/h7-13H,4-6H2,1-3H3/t11-,12-,13+/m0/s1. The number of carbonyl (C=O) groups excluding carboxylic acids is 2. The summed E-state index contributed by atoms with van der Waals surface area (Å²) in [6.45, 7) is 5.77. The molecular formula is C17H22INO3. The molecule has 1 saturated heterocycles. The van der Waals surface area contributed by atoms with Crippen LogP contribution in [0.2, 0.25) is 0 Å². The summed E-state index contributed by atoms with van der Waals surface area (Å²) in [5.41, 5.74) is 0.472. The van der Waals surface area contributed by atoms with E-state index in [0.717, 1.165) is 22.8 Å². The molecule has 0 aliphatic carbocycles. The van der Waals surface area contributed by atoms with E-state index in [1.54, 1.807) is 19.1 Å². The number of halogens is 1. The fourth-order valence-corrected chi connectivity index (χ4v) is 3.29. The van der Waals surface area contributed by atoms with E-state index in [-0.39, 0.29) is 18.0 Å². The summed E-state index contributed by atoms with van der Waals surface area (Å²) in [5.74, 6) is -0.548. The zero-order valence-corrected chi connectivity index (χ0v) is 15.4. The summed E-state index contributed by atoms with van der Waals surface area (Å²) >= 11 is 2.18. The minimum Gasteiger partial charge on any atom is -0.449 e. The molecule has 0 radical (unpaired) electrons. The fourth-order valence-electron chi connectivity index (χ4n) is 2.93. The Hall–Kier alpha value is -1.11. The molecule has 2 rings (SSSR count). The minimum absolute atomic E-state index is 0.0986. The van der Waals surface area contributed by atoms with Gasteiger partial charge in [0.15, 0.2) is 6.10 Å². The van der Waals surface area contributed by atoms with E-state index in [2.05, 4.69) is 36.4 Å². The quantitative estimate of drug-likeness (QED) is 0.560. The molecule has 1 fully saturated rings. The van der Waals surface area contributed by atoms with Crippen LogP contribution in [0.15, 0.2) is 24.3 Å². The van der Waals surface area contributed by atoms with Crippen molar-refractivity contribution in [1.82, 2.24) is 4.90 Å². The molecule has 0 unspecified atom stereocenters. The first-order valence-corrected chi connectivity index (χ1v) is 8.76. The SMILES string of the molecule is C[C@@H](OC(=O)c1ccc(I)cc1)C(=O)N1[C@@H](C)CCC[C@@H]1C. The molecule has 3 atom stereocenters. The lowest BCUT2D eigenvalue weighted by Gasteiger charge is -2.40. The summed E-state index contributed by atoms with van der Waals surface area (Å²) < 4.78 is 6.41. The van der Waals surface area contributed by atoms with Crippen LogP contribution in [-0.2, 0) is 9.53 Å². The molecule has 1 aromatic carbocycles. The van der Waals surface area contributed by atoms with Gasteiger partial charge in [0, 0.05) is 15.7 Å². The molecule has 0 N–H and O–H groups in total. The first kappa shape index (κ1) is 17.2. The van der Waals surface area contributed by atoms with Gasteiger partial charge in [-0.25, -0.2) is 4.79 Å². The molecular weight excluding hydrogens is 393 g/mol. The van der Waals surface area contributed by atoms with Gasteiger partial charge in [-0.15, -0.1) is 0 Å². The molecule has 5 heteroatoms. The Morgan fingerprint density at radius 3 is 2.27 bits per heavy atom. The second-order valence-electron chi connectivity index (χ2n) is 5.93. The average molecular weight is 415 g/mol. The van der Waals surface area contributed by atoms with Crippen LogP contribution < -0.4 is 0 Å². The van der Waals surface area contributed by atoms with Gasteiger partial charge in [0.25, 0.3) is 5.91 Å². The van der Waals surface area contributed by atoms with Crippen LogP contribution in [0.3, 0.4) is 0 Å². The van der Waals surface area contributed by atoms with E-state index in [4.69, 9.17) is 4.74 Å². The Balaban J connectivity index is 2.01. The van der Waals surface area contributed by atoms with Crippen LogP contribution in [-0.4, -0.2) is 35.0 Å². The van der Waals surface area contributed by atoms with Crippen LogP contribution >= 0.6 is 22.6 Å². The molecule has 1 aromatic rings. The molecule has 1 amide bonds. The fraction of sp³-hybridized carbons (Fsp3) is 0.529. The Kier molecular flexibility index (Phi) is 5.83. The Bertz CT molecular complexity index is 533. The third kappa shape index (κ3) is 4.00. The number of hydrogen-bond acceptors (Lipinski definition) is 3. The molecule has 0 spiro atoms. The lowest BCUT2D eigenvalue weighted by atomic mass is 9.97. The van der Waals surface area contributed by atoms with E-state index < -0.39 is 12.1 Å². The highest BCUT2D eigenvalue weighted by Crippen LogP contribution is 2.24. The van der Waals surface area contributed by atoms with Crippen LogP contribution in [0.5, 0.6) is 0 Å². The molecule has 120 valence electrons. The molecule has 1 aliphatic heterocycles. The van der Waals surface area contributed by atoms with Gasteiger partial charge in [0.1, 0.15) is 0 Å². The maximum absolute atomic E-state index is 12.6. The van der Waals surface area contributed by atoms with E-state index >= 15 is 0 Å². The number of carbonyl (C=O) groups is 2. The van der Waals surface area contributed by atoms with Gasteiger partial charge < -0.3 is 9.64 Å². The van der Waals surface area contributed by atoms with Crippen molar-refractivity contribution in [2.75, 3.05) is 0 Å². The first-order valence-electron chi connectivity index (χ1n) is 7.69. The van der Waals surface area contributed by atoms with E-state index in [1.165, 1.54) is 0 Å². The predicted molar refractivity (Wildman–Crippen MR) is 93.7 cm³/mol. The number of ether oxygens (including phenoxy) is 1. The highest BCUT2D eigenvalue weighted by atomic mass is 127. The Morgan fingerprint density at radius 2 is 1.73 bits per heavy atom. The highest BCUT2D eigenvalue weighted by Gasteiger charge is 2.33. The monoisotopic (exact) mass is 415 g/mol. The smallest absolute Gasteiger partial charge is 0.338 e. The normalized spacial score (nSPS) is 23.0. The number of piperidine rings is 1. The van der Waals surface area contributed by atoms with Crippen molar-refractivity contribution in [3.05, 3.63) is 33.4 Å². The molecule has 1 heterocycles. The summed E-state index contributed by atoms with van der Waals surface area (Å²) in [6, 6.07) is 7.53. The van der Waals surface area contributed by atoms with Crippen molar-refractivity contribution in [3.63, 3.8) is 0 Å². The predicted octanol–water partition coefficient (Wildman–Crippen LogP) is 3.63. The summed E-state index contributed by atoms with van der Waals surface area (Å²) in [5, 5.41) is 0. The second-order valence-corrected chi connectivity index (χ2v) is 7.17. The Labute approximate surface area is 145 Å². The van der Waals surface area contributed by atoms with Crippen molar-refractivity contribution in [2.45, 2.75) is 58.2 Å². The summed E-state index contributed by atoms with van der Waals surface area (Å²) in [4.78, 5) is 26.6. The van der Waals surface area contributed by atoms with E-state index in [9.17, 15) is 9.59 Å². The molecule has 1 aliphatic rings.